The highest BCUT2D eigenvalue weighted by atomic mass is 16.4. The van der Waals surface area contributed by atoms with Gasteiger partial charge < -0.3 is 10.0 Å². The Labute approximate surface area is 107 Å². The highest BCUT2D eigenvalue weighted by molar-refractivity contribution is 5.66. The number of carboxylic acid groups (broad SMARTS) is 1. The van der Waals surface area contributed by atoms with Gasteiger partial charge >= 0.3 is 6.09 Å². The van der Waals surface area contributed by atoms with Crippen molar-refractivity contribution in [3.8, 4) is 0 Å². The molecule has 0 bridgehead atoms. The monoisotopic (exact) mass is 249 g/mol. The molecule has 0 aromatic rings. The van der Waals surface area contributed by atoms with E-state index >= 15 is 0 Å². The summed E-state index contributed by atoms with van der Waals surface area (Å²) in [5.74, 6) is 0.646. The summed E-state index contributed by atoms with van der Waals surface area (Å²) in [6, 6.07) is 0.426. The van der Waals surface area contributed by atoms with E-state index in [-0.39, 0.29) is 6.17 Å². The number of hydrogen-bond donors (Lipinski definition) is 2. The normalized spacial score (nSPS) is 34.8. The van der Waals surface area contributed by atoms with Gasteiger partial charge in [-0.1, -0.05) is 12.2 Å². The molecule has 0 saturated carbocycles. The number of fused-ring (bicyclic) bond motifs is 3. The molecule has 3 aliphatic rings. The van der Waals surface area contributed by atoms with Gasteiger partial charge in [0.1, 0.15) is 0 Å². The Kier molecular flexibility index (Phi) is 2.99. The van der Waals surface area contributed by atoms with Gasteiger partial charge in [-0.15, -0.1) is 0 Å². The Hall–Kier alpha value is -1.49. The third-order valence-corrected chi connectivity index (χ3v) is 4.15. The second-order valence-corrected chi connectivity index (χ2v) is 5.19. The van der Waals surface area contributed by atoms with E-state index in [2.05, 4.69) is 22.4 Å². The molecule has 2 N–H and O–H groups in total. The maximum atomic E-state index is 11.0. The van der Waals surface area contributed by atoms with Crippen LogP contribution in [0.2, 0.25) is 0 Å². The number of carbonyl (C=O) groups is 1. The summed E-state index contributed by atoms with van der Waals surface area (Å²) in [5.41, 5.74) is 0. The van der Waals surface area contributed by atoms with Crippen LogP contribution in [0.4, 0.5) is 4.79 Å². The minimum Gasteiger partial charge on any atom is -0.465 e. The lowest BCUT2D eigenvalue weighted by atomic mass is 9.86. The van der Waals surface area contributed by atoms with Crippen LogP contribution in [0.15, 0.2) is 24.6 Å². The number of amides is 1. The van der Waals surface area contributed by atoms with Gasteiger partial charge in [-0.05, 0) is 25.2 Å². The van der Waals surface area contributed by atoms with E-state index in [4.69, 9.17) is 5.11 Å². The fourth-order valence-corrected chi connectivity index (χ4v) is 3.15. The first-order chi connectivity index (χ1) is 8.75. The molecule has 0 spiro atoms. The van der Waals surface area contributed by atoms with Gasteiger partial charge in [-0.2, -0.15) is 0 Å². The molecule has 1 amide bonds. The molecule has 0 aromatic carbocycles. The summed E-state index contributed by atoms with van der Waals surface area (Å²) < 4.78 is 0. The van der Waals surface area contributed by atoms with E-state index in [0.29, 0.717) is 18.5 Å². The second kappa shape index (κ2) is 4.65. The molecule has 98 valence electrons. The zero-order valence-electron chi connectivity index (χ0n) is 10.3. The van der Waals surface area contributed by atoms with Gasteiger partial charge in [0, 0.05) is 25.5 Å². The number of nitrogens with one attached hydrogen (secondary N) is 1. The van der Waals surface area contributed by atoms with Crippen molar-refractivity contribution in [2.75, 3.05) is 13.1 Å². The third-order valence-electron chi connectivity index (χ3n) is 4.15. The standard InChI is InChI=1S/C13H19N3O2/c17-13(18)15-6-5-12-14-9-10-3-1-2-4-11(10)16(12)8-7-15/h2,4,7-8,10-12,14H,1,3,5-6,9H2,(H,17,18). The number of rotatable bonds is 0. The molecular formula is C13H19N3O2. The zero-order chi connectivity index (χ0) is 12.5. The number of nitrogens with zero attached hydrogens (tertiary/aromatic N) is 2. The lowest BCUT2D eigenvalue weighted by Gasteiger charge is -2.46. The molecular weight excluding hydrogens is 230 g/mol. The molecule has 18 heavy (non-hydrogen) atoms. The van der Waals surface area contributed by atoms with Crippen LogP contribution in [0.25, 0.3) is 0 Å². The maximum absolute atomic E-state index is 11.0. The Balaban J connectivity index is 1.82. The molecule has 3 rings (SSSR count). The topological polar surface area (TPSA) is 55.8 Å². The van der Waals surface area contributed by atoms with Crippen LogP contribution >= 0.6 is 0 Å². The van der Waals surface area contributed by atoms with Crippen molar-refractivity contribution in [2.24, 2.45) is 5.92 Å². The Bertz CT molecular complexity index is 394. The summed E-state index contributed by atoms with van der Waals surface area (Å²) in [5, 5.41) is 12.6. The van der Waals surface area contributed by atoms with Crippen LogP contribution in [-0.4, -0.2) is 46.3 Å². The summed E-state index contributed by atoms with van der Waals surface area (Å²) in [4.78, 5) is 14.7. The average molecular weight is 249 g/mol. The van der Waals surface area contributed by atoms with E-state index in [1.165, 1.54) is 11.3 Å². The SMILES string of the molecule is O=C(O)N1C=CN2C(CC1)NCC1CCC=CC12. The first kappa shape index (κ1) is 11.6. The molecule has 0 radical (unpaired) electrons. The van der Waals surface area contributed by atoms with Gasteiger partial charge in [-0.3, -0.25) is 10.2 Å². The predicted octanol–water partition coefficient (Wildman–Crippen LogP) is 1.41. The van der Waals surface area contributed by atoms with E-state index in [1.807, 2.05) is 6.20 Å². The molecule has 1 saturated heterocycles. The minimum absolute atomic E-state index is 0.259. The fraction of sp³-hybridized carbons (Fsp3) is 0.615. The van der Waals surface area contributed by atoms with Crippen molar-refractivity contribution >= 4 is 6.09 Å². The average Bonchev–Trinajstić information content (AvgIpc) is 2.61. The highest BCUT2D eigenvalue weighted by Crippen LogP contribution is 2.29. The molecule has 1 aliphatic carbocycles. The third kappa shape index (κ3) is 1.99. The van der Waals surface area contributed by atoms with Crippen molar-refractivity contribution in [1.29, 1.82) is 0 Å². The molecule has 5 nitrogen and oxygen atoms in total. The second-order valence-electron chi connectivity index (χ2n) is 5.19. The summed E-state index contributed by atoms with van der Waals surface area (Å²) in [7, 11) is 0. The van der Waals surface area contributed by atoms with Crippen molar-refractivity contribution in [3.63, 3.8) is 0 Å². The van der Waals surface area contributed by atoms with Gasteiger partial charge in [0.15, 0.2) is 0 Å². The van der Waals surface area contributed by atoms with Crippen molar-refractivity contribution in [1.82, 2.24) is 15.1 Å². The van der Waals surface area contributed by atoms with E-state index in [9.17, 15) is 4.79 Å². The highest BCUT2D eigenvalue weighted by Gasteiger charge is 2.35. The van der Waals surface area contributed by atoms with Gasteiger partial charge in [0.25, 0.3) is 0 Å². The van der Waals surface area contributed by atoms with Crippen LogP contribution in [0.5, 0.6) is 0 Å². The molecule has 3 unspecified atom stereocenters. The number of allylic oxidation sites excluding steroid dienone is 1. The lowest BCUT2D eigenvalue weighted by molar-refractivity contribution is 0.0900. The largest absolute Gasteiger partial charge is 0.465 e. The molecule has 0 aromatic heterocycles. The summed E-state index contributed by atoms with van der Waals surface area (Å²) >= 11 is 0. The van der Waals surface area contributed by atoms with Crippen LogP contribution in [0, 0.1) is 5.92 Å². The van der Waals surface area contributed by atoms with Gasteiger partial charge in [0.05, 0.1) is 12.2 Å². The smallest absolute Gasteiger partial charge is 0.411 e. The van der Waals surface area contributed by atoms with Crippen LogP contribution in [-0.2, 0) is 0 Å². The molecule has 1 fully saturated rings. The van der Waals surface area contributed by atoms with E-state index in [1.54, 1.807) is 6.20 Å². The Morgan fingerprint density at radius 1 is 1.33 bits per heavy atom. The predicted molar refractivity (Wildman–Crippen MR) is 67.8 cm³/mol. The molecule has 2 heterocycles. The van der Waals surface area contributed by atoms with Gasteiger partial charge in [0.2, 0.25) is 0 Å². The first-order valence-corrected chi connectivity index (χ1v) is 6.61. The zero-order valence-corrected chi connectivity index (χ0v) is 10.3. The molecule has 3 atom stereocenters. The quantitative estimate of drug-likeness (QED) is 0.637. The Morgan fingerprint density at radius 2 is 2.22 bits per heavy atom. The maximum Gasteiger partial charge on any atom is 0.411 e. The summed E-state index contributed by atoms with van der Waals surface area (Å²) in [6.07, 6.45) is 10.7. The van der Waals surface area contributed by atoms with E-state index in [0.717, 1.165) is 19.4 Å². The summed E-state index contributed by atoms with van der Waals surface area (Å²) in [6.45, 7) is 1.60. The van der Waals surface area contributed by atoms with Crippen LogP contribution in [0.3, 0.4) is 0 Å². The van der Waals surface area contributed by atoms with Crippen molar-refractivity contribution < 1.29 is 9.90 Å². The van der Waals surface area contributed by atoms with Crippen molar-refractivity contribution in [3.05, 3.63) is 24.6 Å². The van der Waals surface area contributed by atoms with Crippen LogP contribution < -0.4 is 5.32 Å². The van der Waals surface area contributed by atoms with Gasteiger partial charge in [-0.25, -0.2) is 4.79 Å². The first-order valence-electron chi connectivity index (χ1n) is 6.61. The Morgan fingerprint density at radius 3 is 3.06 bits per heavy atom. The van der Waals surface area contributed by atoms with E-state index < -0.39 is 6.09 Å². The molecule has 2 aliphatic heterocycles. The fourth-order valence-electron chi connectivity index (χ4n) is 3.15. The van der Waals surface area contributed by atoms with Crippen LogP contribution in [0.1, 0.15) is 19.3 Å². The molecule has 5 heteroatoms. The minimum atomic E-state index is -0.873. The van der Waals surface area contributed by atoms with Crippen molar-refractivity contribution in [2.45, 2.75) is 31.5 Å². The number of hydrogen-bond acceptors (Lipinski definition) is 3. The lowest BCUT2D eigenvalue weighted by Crippen LogP contribution is -2.58.